The first-order valence-electron chi connectivity index (χ1n) is 6.42. The second kappa shape index (κ2) is 5.00. The highest BCUT2D eigenvalue weighted by atomic mass is 32.1. The number of hydrogen-bond donors (Lipinski definition) is 1. The number of aliphatic hydroxyl groups is 1. The van der Waals surface area contributed by atoms with Crippen LogP contribution >= 0.6 is 22.7 Å². The molecule has 1 atom stereocenters. The summed E-state index contributed by atoms with van der Waals surface area (Å²) in [7, 11) is 0. The molecule has 104 valence electrons. The van der Waals surface area contributed by atoms with Crippen LogP contribution in [-0.4, -0.2) is 10.1 Å². The Bertz CT molecular complexity index is 561. The summed E-state index contributed by atoms with van der Waals surface area (Å²) in [5, 5.41) is 15.8. The first-order chi connectivity index (χ1) is 8.70. The monoisotopic (exact) mass is 295 g/mol. The van der Waals surface area contributed by atoms with E-state index in [2.05, 4.69) is 37.2 Å². The predicted molar refractivity (Wildman–Crippen MR) is 83.1 cm³/mol. The average Bonchev–Trinajstić information content (AvgIpc) is 2.85. The predicted octanol–water partition coefficient (Wildman–Crippen LogP) is 4.26. The summed E-state index contributed by atoms with van der Waals surface area (Å²) in [5.41, 5.74) is 1.50. The van der Waals surface area contributed by atoms with E-state index in [1.54, 1.807) is 22.7 Å². The maximum atomic E-state index is 10.7. The van der Waals surface area contributed by atoms with Crippen LogP contribution in [0.4, 0.5) is 0 Å². The second-order valence-corrected chi connectivity index (χ2v) is 8.12. The van der Waals surface area contributed by atoms with Crippen molar-refractivity contribution < 1.29 is 5.11 Å². The molecule has 19 heavy (non-hydrogen) atoms. The fraction of sp³-hybridized carbons (Fsp3) is 0.533. The minimum Gasteiger partial charge on any atom is -0.384 e. The summed E-state index contributed by atoms with van der Waals surface area (Å²) in [6.45, 7) is 10.4. The maximum absolute atomic E-state index is 10.7. The summed E-state index contributed by atoms with van der Waals surface area (Å²) in [6, 6.07) is 2.05. The van der Waals surface area contributed by atoms with Crippen LogP contribution in [0.3, 0.4) is 0 Å². The fourth-order valence-corrected chi connectivity index (χ4v) is 4.19. The van der Waals surface area contributed by atoms with Crippen LogP contribution in [0, 0.1) is 6.92 Å². The standard InChI is InChI=1S/C15H21NOS2/c1-10-6-7-18-13(10)15(5,17)8-12-16-11(9-19-12)14(2,3)4/h6-7,9,17H,8H2,1-5H3. The number of thiophene rings is 1. The third kappa shape index (κ3) is 3.25. The molecule has 0 aliphatic carbocycles. The highest BCUT2D eigenvalue weighted by Gasteiger charge is 2.28. The minimum absolute atomic E-state index is 0.0689. The van der Waals surface area contributed by atoms with Gasteiger partial charge in [-0.2, -0.15) is 0 Å². The molecule has 2 aromatic rings. The van der Waals surface area contributed by atoms with Gasteiger partial charge in [0.1, 0.15) is 5.60 Å². The van der Waals surface area contributed by atoms with E-state index in [0.29, 0.717) is 6.42 Å². The molecule has 2 rings (SSSR count). The summed E-state index contributed by atoms with van der Waals surface area (Å²) < 4.78 is 0. The van der Waals surface area contributed by atoms with Crippen molar-refractivity contribution >= 4 is 22.7 Å². The fourth-order valence-electron chi connectivity index (χ4n) is 2.04. The molecule has 0 fully saturated rings. The van der Waals surface area contributed by atoms with Gasteiger partial charge in [-0.3, -0.25) is 0 Å². The smallest absolute Gasteiger partial charge is 0.103 e. The largest absolute Gasteiger partial charge is 0.384 e. The van der Waals surface area contributed by atoms with Crippen molar-refractivity contribution in [2.24, 2.45) is 0 Å². The van der Waals surface area contributed by atoms with Gasteiger partial charge in [-0.1, -0.05) is 20.8 Å². The zero-order valence-electron chi connectivity index (χ0n) is 12.2. The number of aromatic nitrogens is 1. The summed E-state index contributed by atoms with van der Waals surface area (Å²) in [5.74, 6) is 0. The van der Waals surface area contributed by atoms with Gasteiger partial charge < -0.3 is 5.11 Å². The number of aryl methyl sites for hydroxylation is 1. The minimum atomic E-state index is -0.828. The van der Waals surface area contributed by atoms with E-state index in [1.807, 2.05) is 19.2 Å². The van der Waals surface area contributed by atoms with E-state index in [9.17, 15) is 5.11 Å². The highest BCUT2D eigenvalue weighted by Crippen LogP contribution is 2.33. The molecule has 1 unspecified atom stereocenters. The lowest BCUT2D eigenvalue weighted by atomic mass is 9.93. The van der Waals surface area contributed by atoms with Gasteiger partial charge in [-0.05, 0) is 30.9 Å². The Morgan fingerprint density at radius 3 is 2.37 bits per heavy atom. The van der Waals surface area contributed by atoms with Gasteiger partial charge in [0.05, 0.1) is 10.7 Å². The number of nitrogens with zero attached hydrogens (tertiary/aromatic N) is 1. The van der Waals surface area contributed by atoms with Crippen LogP contribution in [0.25, 0.3) is 0 Å². The third-order valence-electron chi connectivity index (χ3n) is 3.17. The van der Waals surface area contributed by atoms with Gasteiger partial charge in [-0.15, -0.1) is 22.7 Å². The van der Waals surface area contributed by atoms with Crippen LogP contribution in [0.15, 0.2) is 16.8 Å². The molecule has 2 heterocycles. The van der Waals surface area contributed by atoms with E-state index in [0.717, 1.165) is 21.1 Å². The summed E-state index contributed by atoms with van der Waals surface area (Å²) >= 11 is 3.25. The Hall–Kier alpha value is -0.710. The highest BCUT2D eigenvalue weighted by molar-refractivity contribution is 7.10. The lowest BCUT2D eigenvalue weighted by Gasteiger charge is -2.22. The number of hydrogen-bond acceptors (Lipinski definition) is 4. The molecule has 4 heteroatoms. The van der Waals surface area contributed by atoms with E-state index < -0.39 is 5.60 Å². The normalized spacial score (nSPS) is 15.5. The Morgan fingerprint density at radius 1 is 1.21 bits per heavy atom. The van der Waals surface area contributed by atoms with Crippen LogP contribution in [0.5, 0.6) is 0 Å². The molecule has 0 amide bonds. The topological polar surface area (TPSA) is 33.1 Å². The Kier molecular flexibility index (Phi) is 3.87. The zero-order chi connectivity index (χ0) is 14.3. The molecule has 0 aromatic carbocycles. The van der Waals surface area contributed by atoms with Crippen LogP contribution in [-0.2, 0) is 17.4 Å². The van der Waals surface area contributed by atoms with Gasteiger partial charge in [-0.25, -0.2) is 4.98 Å². The van der Waals surface area contributed by atoms with Crippen LogP contribution < -0.4 is 0 Å². The van der Waals surface area contributed by atoms with E-state index in [-0.39, 0.29) is 5.41 Å². The van der Waals surface area contributed by atoms with Crippen LogP contribution in [0.2, 0.25) is 0 Å². The quantitative estimate of drug-likeness (QED) is 0.917. The van der Waals surface area contributed by atoms with E-state index >= 15 is 0 Å². The van der Waals surface area contributed by atoms with Crippen molar-refractivity contribution in [1.82, 2.24) is 4.98 Å². The maximum Gasteiger partial charge on any atom is 0.103 e. The molecule has 0 saturated carbocycles. The van der Waals surface area contributed by atoms with Gasteiger partial charge in [0, 0.05) is 22.1 Å². The molecular weight excluding hydrogens is 274 g/mol. The molecule has 0 aliphatic rings. The van der Waals surface area contributed by atoms with Crippen molar-refractivity contribution in [2.45, 2.75) is 52.1 Å². The Labute approximate surface area is 123 Å². The van der Waals surface area contributed by atoms with E-state index in [4.69, 9.17) is 0 Å². The van der Waals surface area contributed by atoms with Crippen molar-refractivity contribution in [3.8, 4) is 0 Å². The van der Waals surface area contributed by atoms with Crippen molar-refractivity contribution in [1.29, 1.82) is 0 Å². The van der Waals surface area contributed by atoms with Crippen molar-refractivity contribution in [2.75, 3.05) is 0 Å². The first kappa shape index (κ1) is 14.7. The molecule has 0 bridgehead atoms. The molecule has 2 aromatic heterocycles. The van der Waals surface area contributed by atoms with Crippen LogP contribution in [0.1, 0.15) is 48.8 Å². The molecule has 2 nitrogen and oxygen atoms in total. The molecular formula is C15H21NOS2. The molecule has 0 radical (unpaired) electrons. The van der Waals surface area contributed by atoms with Gasteiger partial charge in [0.2, 0.25) is 0 Å². The molecule has 0 saturated heterocycles. The lowest BCUT2D eigenvalue weighted by Crippen LogP contribution is -2.24. The average molecular weight is 295 g/mol. The van der Waals surface area contributed by atoms with Crippen molar-refractivity contribution in [3.63, 3.8) is 0 Å². The zero-order valence-corrected chi connectivity index (χ0v) is 13.8. The lowest BCUT2D eigenvalue weighted by molar-refractivity contribution is 0.0608. The molecule has 0 aliphatic heterocycles. The van der Waals surface area contributed by atoms with Gasteiger partial charge in [0.15, 0.2) is 0 Å². The molecule has 1 N–H and O–H groups in total. The van der Waals surface area contributed by atoms with E-state index in [1.165, 1.54) is 0 Å². The Morgan fingerprint density at radius 2 is 1.89 bits per heavy atom. The SMILES string of the molecule is Cc1ccsc1C(C)(O)Cc1nc(C(C)(C)C)cs1. The Balaban J connectivity index is 2.21. The summed E-state index contributed by atoms with van der Waals surface area (Å²) in [4.78, 5) is 5.71. The van der Waals surface area contributed by atoms with Gasteiger partial charge in [0.25, 0.3) is 0 Å². The third-order valence-corrected chi connectivity index (χ3v) is 5.29. The molecule has 0 spiro atoms. The number of rotatable bonds is 3. The van der Waals surface area contributed by atoms with Crippen molar-refractivity contribution in [3.05, 3.63) is 38.0 Å². The summed E-state index contributed by atoms with van der Waals surface area (Å²) in [6.07, 6.45) is 0.578. The first-order valence-corrected chi connectivity index (χ1v) is 8.18. The van der Waals surface area contributed by atoms with Gasteiger partial charge >= 0.3 is 0 Å². The second-order valence-electron chi connectivity index (χ2n) is 6.26. The number of thiazole rings is 1.